The minimum absolute atomic E-state index is 0.229. The zero-order chi connectivity index (χ0) is 15.5. The summed E-state index contributed by atoms with van der Waals surface area (Å²) in [6.07, 6.45) is 0. The van der Waals surface area contributed by atoms with Crippen LogP contribution in [0.1, 0.15) is 15.9 Å². The van der Waals surface area contributed by atoms with Gasteiger partial charge in [0.1, 0.15) is 12.4 Å². The monoisotopic (exact) mass is 312 g/mol. The first-order chi connectivity index (χ1) is 10.6. The largest absolute Gasteiger partial charge is 0.489 e. The van der Waals surface area contributed by atoms with Crippen LogP contribution >= 0.6 is 11.6 Å². The number of carboxylic acids is 1. The smallest absolute Gasteiger partial charge is 0.336 e. The van der Waals surface area contributed by atoms with Crippen LogP contribution in [0.25, 0.3) is 10.8 Å². The first kappa shape index (κ1) is 14.4. The van der Waals surface area contributed by atoms with E-state index in [4.69, 9.17) is 16.3 Å². The highest BCUT2D eigenvalue weighted by Gasteiger charge is 2.11. The van der Waals surface area contributed by atoms with Gasteiger partial charge in [0.2, 0.25) is 0 Å². The van der Waals surface area contributed by atoms with E-state index >= 15 is 0 Å². The lowest BCUT2D eigenvalue weighted by Crippen LogP contribution is -2.01. The Morgan fingerprint density at radius 2 is 1.77 bits per heavy atom. The Morgan fingerprint density at radius 1 is 1.05 bits per heavy atom. The minimum Gasteiger partial charge on any atom is -0.489 e. The van der Waals surface area contributed by atoms with E-state index in [0.717, 1.165) is 10.9 Å². The van der Waals surface area contributed by atoms with E-state index in [1.165, 1.54) is 0 Å². The molecule has 0 atom stereocenters. The number of halogens is 1. The van der Waals surface area contributed by atoms with E-state index in [-0.39, 0.29) is 12.2 Å². The lowest BCUT2D eigenvalue weighted by Gasteiger charge is -2.10. The molecule has 0 bridgehead atoms. The maximum Gasteiger partial charge on any atom is 0.336 e. The van der Waals surface area contributed by atoms with E-state index in [0.29, 0.717) is 16.2 Å². The van der Waals surface area contributed by atoms with Crippen molar-refractivity contribution < 1.29 is 14.6 Å². The zero-order valence-corrected chi connectivity index (χ0v) is 12.4. The molecule has 3 rings (SSSR count). The van der Waals surface area contributed by atoms with Crippen LogP contribution in [-0.2, 0) is 6.61 Å². The molecule has 3 nitrogen and oxygen atoms in total. The highest BCUT2D eigenvalue weighted by molar-refractivity contribution is 6.31. The molecule has 4 heteroatoms. The van der Waals surface area contributed by atoms with Crippen molar-refractivity contribution in [2.75, 3.05) is 0 Å². The second kappa shape index (κ2) is 6.08. The van der Waals surface area contributed by atoms with Gasteiger partial charge in [-0.1, -0.05) is 54.1 Å². The van der Waals surface area contributed by atoms with Crippen molar-refractivity contribution in [2.45, 2.75) is 6.61 Å². The molecule has 0 heterocycles. The van der Waals surface area contributed by atoms with Gasteiger partial charge in [-0.05, 0) is 29.0 Å². The molecule has 0 aliphatic heterocycles. The molecule has 0 saturated heterocycles. The van der Waals surface area contributed by atoms with Gasteiger partial charge < -0.3 is 9.84 Å². The van der Waals surface area contributed by atoms with Gasteiger partial charge in [-0.25, -0.2) is 4.79 Å². The highest BCUT2D eigenvalue weighted by atomic mass is 35.5. The molecule has 0 amide bonds. The summed E-state index contributed by atoms with van der Waals surface area (Å²) in [5.41, 5.74) is 1.08. The third kappa shape index (κ3) is 2.90. The number of hydrogen-bond donors (Lipinski definition) is 1. The highest BCUT2D eigenvalue weighted by Crippen LogP contribution is 2.27. The number of rotatable bonds is 4. The van der Waals surface area contributed by atoms with Gasteiger partial charge in [-0.2, -0.15) is 0 Å². The molecule has 3 aromatic carbocycles. The topological polar surface area (TPSA) is 46.5 Å². The maximum atomic E-state index is 11.4. The molecule has 0 saturated carbocycles. The Kier molecular flexibility index (Phi) is 3.98. The number of fused-ring (bicyclic) bond motifs is 1. The van der Waals surface area contributed by atoms with Crippen LogP contribution in [0.4, 0.5) is 0 Å². The van der Waals surface area contributed by atoms with E-state index in [1.807, 2.05) is 42.5 Å². The van der Waals surface area contributed by atoms with E-state index < -0.39 is 5.97 Å². The van der Waals surface area contributed by atoms with Gasteiger partial charge in [-0.15, -0.1) is 0 Å². The predicted octanol–water partition coefficient (Wildman–Crippen LogP) is 4.77. The van der Waals surface area contributed by atoms with Crippen LogP contribution in [0.5, 0.6) is 5.75 Å². The van der Waals surface area contributed by atoms with Crippen LogP contribution < -0.4 is 4.74 Å². The normalized spacial score (nSPS) is 10.6. The fourth-order valence-corrected chi connectivity index (χ4v) is 2.51. The summed E-state index contributed by atoms with van der Waals surface area (Å²) in [7, 11) is 0. The molecule has 0 spiro atoms. The van der Waals surface area contributed by atoms with Gasteiger partial charge in [0.25, 0.3) is 0 Å². The Labute approximate surface area is 132 Å². The maximum absolute atomic E-state index is 11.4. The number of carboxylic acid groups (broad SMARTS) is 1. The van der Waals surface area contributed by atoms with Gasteiger partial charge >= 0.3 is 5.97 Å². The quantitative estimate of drug-likeness (QED) is 0.754. The first-order valence-electron chi connectivity index (χ1n) is 6.77. The Balaban J connectivity index is 1.94. The van der Waals surface area contributed by atoms with E-state index in [1.54, 1.807) is 18.2 Å². The second-order valence-corrected chi connectivity index (χ2v) is 5.28. The Hall–Kier alpha value is -2.52. The van der Waals surface area contributed by atoms with Crippen molar-refractivity contribution in [2.24, 2.45) is 0 Å². The van der Waals surface area contributed by atoms with Crippen LogP contribution in [0.2, 0.25) is 5.02 Å². The first-order valence-corrected chi connectivity index (χ1v) is 7.15. The van der Waals surface area contributed by atoms with Gasteiger partial charge in [0.05, 0.1) is 5.56 Å². The van der Waals surface area contributed by atoms with E-state index in [9.17, 15) is 9.90 Å². The molecular weight excluding hydrogens is 300 g/mol. The van der Waals surface area contributed by atoms with Crippen molar-refractivity contribution in [1.82, 2.24) is 0 Å². The minimum atomic E-state index is -0.973. The summed E-state index contributed by atoms with van der Waals surface area (Å²) >= 11 is 6.09. The molecule has 3 aromatic rings. The summed E-state index contributed by atoms with van der Waals surface area (Å²) in [6, 6.07) is 18.1. The third-order valence-electron chi connectivity index (χ3n) is 3.42. The Morgan fingerprint density at radius 3 is 2.55 bits per heavy atom. The molecule has 22 heavy (non-hydrogen) atoms. The SMILES string of the molecule is O=C(O)c1cc(OCc2ccccc2Cl)cc2ccccc12. The van der Waals surface area contributed by atoms with E-state index in [2.05, 4.69) is 0 Å². The van der Waals surface area contributed by atoms with Crippen LogP contribution in [0, 0.1) is 0 Å². The van der Waals surface area contributed by atoms with Crippen LogP contribution in [0.3, 0.4) is 0 Å². The molecule has 0 aromatic heterocycles. The van der Waals surface area contributed by atoms with Crippen molar-refractivity contribution in [1.29, 1.82) is 0 Å². The number of aromatic carboxylic acids is 1. The van der Waals surface area contributed by atoms with Crippen molar-refractivity contribution in [3.05, 3.63) is 76.8 Å². The second-order valence-electron chi connectivity index (χ2n) is 4.88. The average molecular weight is 313 g/mol. The Bertz CT molecular complexity index is 843. The number of hydrogen-bond acceptors (Lipinski definition) is 2. The van der Waals surface area contributed by atoms with Crippen molar-refractivity contribution in [3.8, 4) is 5.75 Å². The predicted molar refractivity (Wildman–Crippen MR) is 86.7 cm³/mol. The van der Waals surface area contributed by atoms with Crippen molar-refractivity contribution >= 4 is 28.3 Å². The summed E-state index contributed by atoms with van der Waals surface area (Å²) in [5.74, 6) is -0.463. The lowest BCUT2D eigenvalue weighted by atomic mass is 10.0. The third-order valence-corrected chi connectivity index (χ3v) is 3.79. The molecule has 0 fully saturated rings. The summed E-state index contributed by atoms with van der Waals surface area (Å²) in [5, 5.41) is 11.5. The molecular formula is C18H13ClO3. The molecule has 0 radical (unpaired) electrons. The van der Waals surface area contributed by atoms with Crippen LogP contribution in [0.15, 0.2) is 60.7 Å². The van der Waals surface area contributed by atoms with Crippen LogP contribution in [-0.4, -0.2) is 11.1 Å². The fraction of sp³-hybridized carbons (Fsp3) is 0.0556. The van der Waals surface area contributed by atoms with Gasteiger partial charge in [0, 0.05) is 10.6 Å². The molecule has 0 aliphatic carbocycles. The zero-order valence-electron chi connectivity index (χ0n) is 11.6. The number of carbonyl (C=O) groups is 1. The summed E-state index contributed by atoms with van der Waals surface area (Å²) in [6.45, 7) is 0.289. The summed E-state index contributed by atoms with van der Waals surface area (Å²) < 4.78 is 5.72. The molecule has 0 aliphatic rings. The average Bonchev–Trinajstić information content (AvgIpc) is 2.53. The van der Waals surface area contributed by atoms with Gasteiger partial charge in [0.15, 0.2) is 0 Å². The summed E-state index contributed by atoms with van der Waals surface area (Å²) in [4.78, 5) is 11.4. The van der Waals surface area contributed by atoms with Gasteiger partial charge in [-0.3, -0.25) is 0 Å². The standard InChI is InChI=1S/C18H13ClO3/c19-17-8-4-2-6-13(17)11-22-14-9-12-5-1-3-7-15(12)16(10-14)18(20)21/h1-10H,11H2,(H,20,21). The molecule has 0 unspecified atom stereocenters. The van der Waals surface area contributed by atoms with Crippen molar-refractivity contribution in [3.63, 3.8) is 0 Å². The lowest BCUT2D eigenvalue weighted by molar-refractivity contribution is 0.0698. The molecule has 1 N–H and O–H groups in total. The fourth-order valence-electron chi connectivity index (χ4n) is 2.32. The number of ether oxygens (including phenoxy) is 1. The molecule has 110 valence electrons. The number of benzene rings is 3.